The SMILES string of the molecule is C[C@H](NC1(C)CCC1)c1cc2c(c(C(F)(F)F)c1)CN(c1cccc(C(c3nncn3C)C3COC3)c1)C2=O. The van der Waals surface area contributed by atoms with E-state index in [2.05, 4.69) is 22.4 Å². The number of amides is 1. The highest BCUT2D eigenvalue weighted by Gasteiger charge is 2.42. The van der Waals surface area contributed by atoms with Gasteiger partial charge in [-0.25, -0.2) is 0 Å². The Morgan fingerprint density at radius 3 is 2.51 bits per heavy atom. The molecule has 2 aliphatic heterocycles. The molecule has 6 rings (SSSR count). The number of benzene rings is 2. The molecule has 3 aliphatic rings. The summed E-state index contributed by atoms with van der Waals surface area (Å²) < 4.78 is 50.2. The summed E-state index contributed by atoms with van der Waals surface area (Å²) in [5, 5.41) is 11.8. The Bertz CT molecular complexity index is 1410. The van der Waals surface area contributed by atoms with Crippen LogP contribution in [0.5, 0.6) is 0 Å². The lowest BCUT2D eigenvalue weighted by atomic mass is 9.77. The van der Waals surface area contributed by atoms with Crippen molar-refractivity contribution in [3.05, 3.63) is 76.4 Å². The van der Waals surface area contributed by atoms with E-state index in [1.807, 2.05) is 36.7 Å². The van der Waals surface area contributed by atoms with Crippen molar-refractivity contribution in [1.29, 1.82) is 0 Å². The van der Waals surface area contributed by atoms with Crippen molar-refractivity contribution in [1.82, 2.24) is 20.1 Å². The van der Waals surface area contributed by atoms with E-state index in [0.29, 0.717) is 24.5 Å². The third kappa shape index (κ3) is 4.63. The summed E-state index contributed by atoms with van der Waals surface area (Å²) in [5.74, 6) is 0.449. The number of nitrogens with zero attached hydrogens (tertiary/aromatic N) is 4. The molecule has 0 bridgehead atoms. The van der Waals surface area contributed by atoms with Gasteiger partial charge in [0.25, 0.3) is 5.91 Å². The zero-order chi connectivity index (χ0) is 27.5. The maximum absolute atomic E-state index is 14.3. The standard InChI is InChI=1S/C29H32F3N5O2/c1-17(34-28(2)8-5-9-28)19-11-22-23(24(12-19)29(30,31)32)13-37(27(22)38)21-7-4-6-18(10-21)25(20-14-39-15-20)26-35-33-16-36(26)3/h4,6-7,10-12,16-17,20,25,34H,5,8-9,13-15H2,1-3H3/t17-,25?/m0/s1. The molecule has 1 aliphatic carbocycles. The van der Waals surface area contributed by atoms with Crippen LogP contribution >= 0.6 is 0 Å². The second kappa shape index (κ2) is 9.45. The molecular formula is C29H32F3N5O2. The lowest BCUT2D eigenvalue weighted by molar-refractivity contribution is -0.138. The van der Waals surface area contributed by atoms with Crippen LogP contribution in [0.4, 0.5) is 18.9 Å². The minimum absolute atomic E-state index is 0.0287. The lowest BCUT2D eigenvalue weighted by Crippen LogP contribution is -2.49. The largest absolute Gasteiger partial charge is 0.416 e. The molecule has 3 heterocycles. The molecule has 3 aromatic rings. The van der Waals surface area contributed by atoms with Crippen LogP contribution in [0.2, 0.25) is 0 Å². The number of fused-ring (bicyclic) bond motifs is 1. The smallest absolute Gasteiger partial charge is 0.381 e. The summed E-state index contributed by atoms with van der Waals surface area (Å²) in [5.41, 5.74) is 1.28. The average molecular weight is 540 g/mol. The van der Waals surface area contributed by atoms with E-state index in [1.54, 1.807) is 18.5 Å². The van der Waals surface area contributed by atoms with Gasteiger partial charge in [-0.2, -0.15) is 13.2 Å². The first-order valence-electron chi connectivity index (χ1n) is 13.4. The molecule has 1 amide bonds. The fourth-order valence-corrected chi connectivity index (χ4v) is 6.14. The van der Waals surface area contributed by atoms with Crippen molar-refractivity contribution in [2.24, 2.45) is 13.0 Å². The van der Waals surface area contributed by atoms with Crippen molar-refractivity contribution in [3.63, 3.8) is 0 Å². The first kappa shape index (κ1) is 26.0. The molecule has 2 aromatic carbocycles. The molecule has 1 saturated heterocycles. The van der Waals surface area contributed by atoms with Gasteiger partial charge in [-0.3, -0.25) is 4.79 Å². The van der Waals surface area contributed by atoms with Crippen LogP contribution in [0, 0.1) is 5.92 Å². The Morgan fingerprint density at radius 1 is 1.15 bits per heavy atom. The van der Waals surface area contributed by atoms with Gasteiger partial charge in [-0.1, -0.05) is 12.1 Å². The zero-order valence-electron chi connectivity index (χ0n) is 22.3. The van der Waals surface area contributed by atoms with E-state index in [-0.39, 0.29) is 41.1 Å². The van der Waals surface area contributed by atoms with Crippen LogP contribution in [0.3, 0.4) is 0 Å². The quantitative estimate of drug-likeness (QED) is 0.437. The van der Waals surface area contributed by atoms with E-state index in [0.717, 1.165) is 30.7 Å². The molecule has 1 aromatic heterocycles. The number of hydrogen-bond acceptors (Lipinski definition) is 5. The molecule has 10 heteroatoms. The summed E-state index contributed by atoms with van der Waals surface area (Å²) in [6, 6.07) is 10.00. The van der Waals surface area contributed by atoms with Crippen molar-refractivity contribution < 1.29 is 22.7 Å². The van der Waals surface area contributed by atoms with E-state index < -0.39 is 17.6 Å². The summed E-state index contributed by atoms with van der Waals surface area (Å²) in [4.78, 5) is 15.1. The van der Waals surface area contributed by atoms with Crippen LogP contribution in [0.25, 0.3) is 0 Å². The monoisotopic (exact) mass is 539 g/mol. The van der Waals surface area contributed by atoms with Crippen LogP contribution in [-0.2, 0) is 24.5 Å². The number of aromatic nitrogens is 3. The number of rotatable bonds is 7. The number of aryl methyl sites for hydroxylation is 1. The van der Waals surface area contributed by atoms with Gasteiger partial charge in [0, 0.05) is 35.8 Å². The fraction of sp³-hybridized carbons (Fsp3) is 0.483. The molecule has 39 heavy (non-hydrogen) atoms. The van der Waals surface area contributed by atoms with E-state index in [1.165, 1.54) is 11.0 Å². The number of carbonyl (C=O) groups is 1. The molecule has 2 fully saturated rings. The van der Waals surface area contributed by atoms with Crippen LogP contribution < -0.4 is 10.2 Å². The molecular weight excluding hydrogens is 507 g/mol. The predicted octanol–water partition coefficient (Wildman–Crippen LogP) is 5.37. The third-order valence-corrected chi connectivity index (χ3v) is 8.59. The van der Waals surface area contributed by atoms with Crippen molar-refractivity contribution >= 4 is 11.6 Å². The number of hydrogen-bond donors (Lipinski definition) is 1. The van der Waals surface area contributed by atoms with Crippen molar-refractivity contribution in [3.8, 4) is 0 Å². The normalized spacial score (nSPS) is 20.4. The van der Waals surface area contributed by atoms with E-state index in [9.17, 15) is 18.0 Å². The van der Waals surface area contributed by atoms with Crippen molar-refractivity contribution in [2.45, 2.75) is 63.3 Å². The lowest BCUT2D eigenvalue weighted by Gasteiger charge is -2.42. The molecule has 0 radical (unpaired) electrons. The second-order valence-corrected chi connectivity index (χ2v) is 11.4. The van der Waals surface area contributed by atoms with Gasteiger partial charge in [0.05, 0.1) is 31.2 Å². The van der Waals surface area contributed by atoms with Gasteiger partial charge >= 0.3 is 6.18 Å². The summed E-state index contributed by atoms with van der Waals surface area (Å²) in [6.07, 6.45) is 0.147. The number of anilines is 1. The number of halogens is 3. The highest BCUT2D eigenvalue weighted by atomic mass is 19.4. The number of ether oxygens (including phenoxy) is 1. The predicted molar refractivity (Wildman–Crippen MR) is 139 cm³/mol. The van der Waals surface area contributed by atoms with Crippen LogP contribution in [0.15, 0.2) is 42.7 Å². The van der Waals surface area contributed by atoms with E-state index >= 15 is 0 Å². The second-order valence-electron chi connectivity index (χ2n) is 11.4. The molecule has 1 saturated carbocycles. The fourth-order valence-electron chi connectivity index (χ4n) is 6.14. The van der Waals surface area contributed by atoms with E-state index in [4.69, 9.17) is 4.74 Å². The first-order valence-corrected chi connectivity index (χ1v) is 13.4. The number of carbonyl (C=O) groups excluding carboxylic acids is 1. The molecule has 1 unspecified atom stereocenters. The van der Waals surface area contributed by atoms with Gasteiger partial charge in [-0.05, 0) is 74.1 Å². The van der Waals surface area contributed by atoms with Crippen LogP contribution in [-0.4, -0.2) is 39.4 Å². The Hall–Kier alpha value is -3.24. The van der Waals surface area contributed by atoms with Gasteiger partial charge in [-0.15, -0.1) is 10.2 Å². The summed E-state index contributed by atoms with van der Waals surface area (Å²) in [7, 11) is 1.88. The van der Waals surface area contributed by atoms with Gasteiger partial charge in [0.1, 0.15) is 12.2 Å². The van der Waals surface area contributed by atoms with Gasteiger partial charge in [0.15, 0.2) is 0 Å². The van der Waals surface area contributed by atoms with Gasteiger partial charge in [0.2, 0.25) is 0 Å². The Kier molecular flexibility index (Phi) is 6.30. The van der Waals surface area contributed by atoms with Crippen LogP contribution in [0.1, 0.15) is 83.5 Å². The molecule has 7 nitrogen and oxygen atoms in total. The number of nitrogens with one attached hydrogen (secondary N) is 1. The molecule has 206 valence electrons. The highest BCUT2D eigenvalue weighted by molar-refractivity contribution is 6.10. The van der Waals surface area contributed by atoms with Crippen molar-refractivity contribution in [2.75, 3.05) is 18.1 Å². The zero-order valence-corrected chi connectivity index (χ0v) is 22.3. The maximum atomic E-state index is 14.3. The summed E-state index contributed by atoms with van der Waals surface area (Å²) >= 11 is 0. The third-order valence-electron chi connectivity index (χ3n) is 8.59. The highest BCUT2D eigenvalue weighted by Crippen LogP contribution is 2.42. The summed E-state index contributed by atoms with van der Waals surface area (Å²) in [6.45, 7) is 4.99. The molecule has 2 atom stereocenters. The first-order chi connectivity index (χ1) is 18.5. The van der Waals surface area contributed by atoms with Gasteiger partial charge < -0.3 is 19.5 Å². The minimum Gasteiger partial charge on any atom is -0.381 e. The topological polar surface area (TPSA) is 72.3 Å². The minimum atomic E-state index is -4.57. The Balaban J connectivity index is 1.35. The molecule has 0 spiro atoms. The average Bonchev–Trinajstić information content (AvgIpc) is 3.41. The maximum Gasteiger partial charge on any atom is 0.416 e. The number of alkyl halides is 3. The Morgan fingerprint density at radius 2 is 1.92 bits per heavy atom. The Labute approximate surface area is 225 Å². The molecule has 1 N–H and O–H groups in total.